The maximum absolute atomic E-state index is 10.5. The van der Waals surface area contributed by atoms with Crippen molar-refractivity contribution in [2.24, 2.45) is 0 Å². The molecule has 1 aliphatic rings. The number of benzene rings is 1. The fourth-order valence-electron chi connectivity index (χ4n) is 2.82. The normalized spacial score (nSPS) is 31.4. The van der Waals surface area contributed by atoms with Crippen LogP contribution in [-0.4, -0.2) is 63.9 Å². The van der Waals surface area contributed by atoms with Gasteiger partial charge in [0.1, 0.15) is 23.7 Å². The lowest BCUT2D eigenvalue weighted by Gasteiger charge is -2.22. The first kappa shape index (κ1) is 22.4. The van der Waals surface area contributed by atoms with Gasteiger partial charge in [-0.15, -0.1) is 0 Å². The van der Waals surface area contributed by atoms with Gasteiger partial charge in [0.2, 0.25) is 0 Å². The highest BCUT2D eigenvalue weighted by atomic mass is 16.7. The molecule has 0 saturated heterocycles. The predicted octanol–water partition coefficient (Wildman–Crippen LogP) is 1.22. The first-order valence-electron chi connectivity index (χ1n) is 9.03. The van der Waals surface area contributed by atoms with E-state index in [1.807, 2.05) is 0 Å². The average molecular weight is 396 g/mol. The molecule has 0 bridgehead atoms. The van der Waals surface area contributed by atoms with Crippen molar-refractivity contribution >= 4 is 6.08 Å². The molecule has 156 valence electrons. The van der Waals surface area contributed by atoms with Gasteiger partial charge in [0.05, 0.1) is 17.8 Å². The molecule has 0 amide bonds. The average Bonchev–Trinajstić information content (AvgIpc) is 2.64. The molecular formula is C20H28O8. The molecule has 1 aromatic carbocycles. The second-order valence-corrected chi connectivity index (χ2v) is 6.65. The monoisotopic (exact) mass is 396 g/mol. The Morgan fingerprint density at radius 3 is 2.57 bits per heavy atom. The van der Waals surface area contributed by atoms with Gasteiger partial charge in [-0.05, 0) is 31.4 Å². The molecule has 0 radical (unpaired) electrons. The number of aromatic hydroxyl groups is 1. The number of phenolic OH excluding ortho intramolecular Hbond substituents is 1. The van der Waals surface area contributed by atoms with Gasteiger partial charge in [-0.25, -0.2) is 0 Å². The maximum atomic E-state index is 10.5. The summed E-state index contributed by atoms with van der Waals surface area (Å²) in [5.74, 6) is 0.106. The van der Waals surface area contributed by atoms with Crippen LogP contribution in [0.4, 0.5) is 0 Å². The van der Waals surface area contributed by atoms with Crippen LogP contribution in [-0.2, 0) is 9.47 Å². The summed E-state index contributed by atoms with van der Waals surface area (Å²) in [5.41, 5.74) is 0.574. The molecule has 0 fully saturated rings. The largest absolute Gasteiger partial charge is 0.507 e. The van der Waals surface area contributed by atoms with E-state index in [4.69, 9.17) is 14.2 Å². The van der Waals surface area contributed by atoms with Crippen molar-refractivity contribution in [1.82, 2.24) is 0 Å². The number of fused-ring (bicyclic) bond motifs is 1. The lowest BCUT2D eigenvalue weighted by atomic mass is 10.0. The summed E-state index contributed by atoms with van der Waals surface area (Å²) in [6.07, 6.45) is 0.877. The van der Waals surface area contributed by atoms with Crippen LogP contribution < -0.4 is 4.74 Å². The van der Waals surface area contributed by atoms with E-state index in [2.05, 4.69) is 0 Å². The summed E-state index contributed by atoms with van der Waals surface area (Å²) < 4.78 is 15.8. The Balaban J connectivity index is 2.40. The molecule has 0 spiro atoms. The summed E-state index contributed by atoms with van der Waals surface area (Å²) >= 11 is 0. The standard InChI is InChI=1S/C20H28O8/c1-12-5-3-7-15(21)19(24)16(22)8-4-6-13-9-14(27-11-26-2)10-17(23)18(13)20(25)28-12/h3-4,6-7,9-10,12,15-16,19-25H,5,8,11H2,1-2H3/b6-4+,7-3-/t12-,15?,16-,19+,20?/m0/s1. The summed E-state index contributed by atoms with van der Waals surface area (Å²) in [7, 11) is 1.47. The fourth-order valence-corrected chi connectivity index (χ4v) is 2.82. The first-order valence-corrected chi connectivity index (χ1v) is 9.03. The number of aliphatic hydroxyl groups excluding tert-OH is 4. The zero-order valence-electron chi connectivity index (χ0n) is 15.9. The molecule has 28 heavy (non-hydrogen) atoms. The molecule has 8 heteroatoms. The molecule has 5 atom stereocenters. The number of methoxy groups -OCH3 is 1. The number of rotatable bonds is 3. The van der Waals surface area contributed by atoms with Crippen molar-refractivity contribution in [3.8, 4) is 11.5 Å². The molecule has 0 aromatic heterocycles. The van der Waals surface area contributed by atoms with Crippen LogP contribution in [0.2, 0.25) is 0 Å². The van der Waals surface area contributed by atoms with E-state index in [9.17, 15) is 25.5 Å². The quantitative estimate of drug-likeness (QED) is 0.381. The van der Waals surface area contributed by atoms with E-state index in [-0.39, 0.29) is 24.5 Å². The van der Waals surface area contributed by atoms with Crippen molar-refractivity contribution < 1.29 is 39.7 Å². The molecule has 1 aromatic rings. The first-order chi connectivity index (χ1) is 13.3. The third-order valence-corrected chi connectivity index (χ3v) is 4.34. The Hall–Kier alpha value is -1.94. The number of aliphatic hydroxyl groups is 4. The van der Waals surface area contributed by atoms with E-state index < -0.39 is 30.7 Å². The van der Waals surface area contributed by atoms with Gasteiger partial charge in [-0.3, -0.25) is 0 Å². The molecule has 8 nitrogen and oxygen atoms in total. The number of phenols is 1. The Morgan fingerprint density at radius 2 is 1.86 bits per heavy atom. The molecular weight excluding hydrogens is 368 g/mol. The van der Waals surface area contributed by atoms with Crippen molar-refractivity contribution in [3.63, 3.8) is 0 Å². The van der Waals surface area contributed by atoms with Gasteiger partial charge in [-0.1, -0.05) is 24.3 Å². The van der Waals surface area contributed by atoms with Crippen LogP contribution in [0.15, 0.2) is 30.4 Å². The third kappa shape index (κ3) is 6.03. The summed E-state index contributed by atoms with van der Waals surface area (Å²) in [6, 6.07) is 2.94. The minimum Gasteiger partial charge on any atom is -0.507 e. The smallest absolute Gasteiger partial charge is 0.188 e. The molecule has 0 saturated carbocycles. The van der Waals surface area contributed by atoms with Crippen LogP contribution in [0.3, 0.4) is 0 Å². The van der Waals surface area contributed by atoms with Crippen LogP contribution in [0.5, 0.6) is 11.5 Å². The molecule has 2 rings (SSSR count). The molecule has 5 N–H and O–H groups in total. The Labute approximate surface area is 163 Å². The second kappa shape index (κ2) is 10.6. The van der Waals surface area contributed by atoms with Gasteiger partial charge in [0.25, 0.3) is 0 Å². The van der Waals surface area contributed by atoms with E-state index in [0.29, 0.717) is 17.7 Å². The minimum atomic E-state index is -1.40. The number of hydrogen-bond acceptors (Lipinski definition) is 8. The Bertz CT molecular complexity index is 687. The van der Waals surface area contributed by atoms with Crippen LogP contribution in [0.1, 0.15) is 37.2 Å². The SMILES string of the molecule is COCOc1cc(O)c2c(c1)/C=C/C[C@H](O)[C@H](O)C(O)/C=C\C[C@H](C)OC2O. The maximum Gasteiger partial charge on any atom is 0.188 e. The molecule has 2 unspecified atom stereocenters. The van der Waals surface area contributed by atoms with E-state index in [1.54, 1.807) is 31.2 Å². The Morgan fingerprint density at radius 1 is 1.11 bits per heavy atom. The van der Waals surface area contributed by atoms with Crippen molar-refractivity contribution in [3.05, 3.63) is 41.5 Å². The van der Waals surface area contributed by atoms with Gasteiger partial charge in [0.15, 0.2) is 13.1 Å². The van der Waals surface area contributed by atoms with Crippen LogP contribution in [0, 0.1) is 0 Å². The zero-order valence-corrected chi connectivity index (χ0v) is 15.9. The summed E-state index contributed by atoms with van der Waals surface area (Å²) in [4.78, 5) is 0. The van der Waals surface area contributed by atoms with Crippen LogP contribution >= 0.6 is 0 Å². The van der Waals surface area contributed by atoms with Gasteiger partial charge in [0, 0.05) is 13.2 Å². The van der Waals surface area contributed by atoms with Crippen molar-refractivity contribution in [2.45, 2.75) is 50.5 Å². The van der Waals surface area contributed by atoms with E-state index in [1.165, 1.54) is 19.3 Å². The van der Waals surface area contributed by atoms with Crippen molar-refractivity contribution in [1.29, 1.82) is 0 Å². The highest BCUT2D eigenvalue weighted by Gasteiger charge is 2.24. The minimum absolute atomic E-state index is 0.0207. The lowest BCUT2D eigenvalue weighted by molar-refractivity contribution is -0.134. The second-order valence-electron chi connectivity index (χ2n) is 6.65. The van der Waals surface area contributed by atoms with E-state index >= 15 is 0 Å². The third-order valence-electron chi connectivity index (χ3n) is 4.34. The van der Waals surface area contributed by atoms with Crippen LogP contribution in [0.25, 0.3) is 6.08 Å². The Kier molecular flexibility index (Phi) is 8.43. The highest BCUT2D eigenvalue weighted by molar-refractivity contribution is 5.61. The number of ether oxygens (including phenoxy) is 3. The molecule has 1 heterocycles. The number of hydrogen-bond donors (Lipinski definition) is 5. The van der Waals surface area contributed by atoms with Gasteiger partial charge >= 0.3 is 0 Å². The topological polar surface area (TPSA) is 129 Å². The highest BCUT2D eigenvalue weighted by Crippen LogP contribution is 2.35. The zero-order chi connectivity index (χ0) is 20.7. The fraction of sp³-hybridized carbons (Fsp3) is 0.500. The predicted molar refractivity (Wildman–Crippen MR) is 102 cm³/mol. The summed E-state index contributed by atoms with van der Waals surface area (Å²) in [5, 5.41) is 50.9. The van der Waals surface area contributed by atoms with E-state index in [0.717, 1.165) is 0 Å². The van der Waals surface area contributed by atoms with Gasteiger partial charge in [-0.2, -0.15) is 0 Å². The summed E-state index contributed by atoms with van der Waals surface area (Å²) in [6.45, 7) is 1.70. The molecule has 0 aliphatic carbocycles. The van der Waals surface area contributed by atoms with Gasteiger partial charge < -0.3 is 39.7 Å². The lowest BCUT2D eigenvalue weighted by Crippen LogP contribution is -2.35. The van der Waals surface area contributed by atoms with Crippen molar-refractivity contribution in [2.75, 3.05) is 13.9 Å². The molecule has 1 aliphatic heterocycles.